The van der Waals surface area contributed by atoms with Crippen LogP contribution in [0.15, 0.2) is 12.1 Å². The van der Waals surface area contributed by atoms with E-state index in [0.29, 0.717) is 5.92 Å². The highest BCUT2D eigenvalue weighted by Gasteiger charge is 2.20. The zero-order valence-electron chi connectivity index (χ0n) is 11.6. The van der Waals surface area contributed by atoms with Crippen molar-refractivity contribution in [1.29, 1.82) is 0 Å². The molecule has 3 nitrogen and oxygen atoms in total. The maximum Gasteiger partial charge on any atom is 0.126 e. The van der Waals surface area contributed by atoms with Crippen LogP contribution in [0.2, 0.25) is 0 Å². The molecule has 0 amide bonds. The largest absolute Gasteiger partial charge is 0.496 e. The normalized spacial score (nSPS) is 16.6. The molecule has 0 atom stereocenters. The summed E-state index contributed by atoms with van der Waals surface area (Å²) in [6.07, 6.45) is 3.36. The second-order valence-corrected chi connectivity index (χ2v) is 4.78. The van der Waals surface area contributed by atoms with Crippen LogP contribution in [-0.4, -0.2) is 27.3 Å². The summed E-state index contributed by atoms with van der Waals surface area (Å²) in [5.74, 6) is 2.51. The molecule has 0 bridgehead atoms. The fraction of sp³-hybridized carbons (Fsp3) is 0.600. The first-order valence-electron chi connectivity index (χ1n) is 6.75. The number of hydrogen-bond acceptors (Lipinski definition) is 3. The van der Waals surface area contributed by atoms with Crippen molar-refractivity contribution in [2.45, 2.75) is 32.1 Å². The Morgan fingerprint density at radius 2 is 1.78 bits per heavy atom. The van der Waals surface area contributed by atoms with Crippen molar-refractivity contribution in [1.82, 2.24) is 5.32 Å². The van der Waals surface area contributed by atoms with E-state index in [-0.39, 0.29) is 0 Å². The lowest BCUT2D eigenvalue weighted by Crippen LogP contribution is -2.26. The van der Waals surface area contributed by atoms with E-state index in [2.05, 4.69) is 18.3 Å². The molecule has 0 saturated carbocycles. The van der Waals surface area contributed by atoms with Crippen LogP contribution >= 0.6 is 0 Å². The van der Waals surface area contributed by atoms with E-state index >= 15 is 0 Å². The van der Waals surface area contributed by atoms with Gasteiger partial charge in [-0.1, -0.05) is 6.92 Å². The number of piperidine rings is 1. The van der Waals surface area contributed by atoms with Crippen LogP contribution in [0.1, 0.15) is 36.8 Å². The van der Waals surface area contributed by atoms with Gasteiger partial charge in [-0.05, 0) is 55.5 Å². The quantitative estimate of drug-likeness (QED) is 0.890. The lowest BCUT2D eigenvalue weighted by molar-refractivity contribution is 0.377. The SMILES string of the molecule is CCc1cc(C2CCNCC2)c(OC)cc1OC. The third-order valence-electron chi connectivity index (χ3n) is 3.79. The molecule has 1 aromatic carbocycles. The van der Waals surface area contributed by atoms with Gasteiger partial charge in [0.2, 0.25) is 0 Å². The topological polar surface area (TPSA) is 30.5 Å². The van der Waals surface area contributed by atoms with Gasteiger partial charge in [0.15, 0.2) is 0 Å². The van der Waals surface area contributed by atoms with Gasteiger partial charge in [0.05, 0.1) is 14.2 Å². The molecule has 1 N–H and O–H groups in total. The second kappa shape index (κ2) is 6.10. The molecule has 0 aromatic heterocycles. The lowest BCUT2D eigenvalue weighted by atomic mass is 9.88. The molecule has 1 heterocycles. The van der Waals surface area contributed by atoms with Crippen molar-refractivity contribution < 1.29 is 9.47 Å². The zero-order chi connectivity index (χ0) is 13.0. The van der Waals surface area contributed by atoms with E-state index in [1.807, 2.05) is 6.07 Å². The Balaban J connectivity index is 2.37. The van der Waals surface area contributed by atoms with Crippen LogP contribution in [0, 0.1) is 0 Å². The van der Waals surface area contributed by atoms with Crippen LogP contribution in [0.4, 0.5) is 0 Å². The van der Waals surface area contributed by atoms with E-state index in [1.54, 1.807) is 14.2 Å². The van der Waals surface area contributed by atoms with Crippen molar-refractivity contribution >= 4 is 0 Å². The maximum absolute atomic E-state index is 5.54. The van der Waals surface area contributed by atoms with Gasteiger partial charge >= 0.3 is 0 Å². The summed E-state index contributed by atoms with van der Waals surface area (Å²) in [4.78, 5) is 0. The Kier molecular flexibility index (Phi) is 4.48. The van der Waals surface area contributed by atoms with Crippen LogP contribution < -0.4 is 14.8 Å². The first-order valence-corrected chi connectivity index (χ1v) is 6.75. The minimum absolute atomic E-state index is 0.609. The molecular formula is C15H23NO2. The molecule has 1 saturated heterocycles. The fourth-order valence-electron chi connectivity index (χ4n) is 2.72. The summed E-state index contributed by atoms with van der Waals surface area (Å²) in [6.45, 7) is 4.36. The number of hydrogen-bond donors (Lipinski definition) is 1. The molecule has 18 heavy (non-hydrogen) atoms. The predicted octanol–water partition coefficient (Wildman–Crippen LogP) is 2.73. The Morgan fingerprint density at radius 1 is 1.11 bits per heavy atom. The Morgan fingerprint density at radius 3 is 2.33 bits per heavy atom. The van der Waals surface area contributed by atoms with Gasteiger partial charge in [-0.2, -0.15) is 0 Å². The molecule has 0 spiro atoms. The Hall–Kier alpha value is -1.22. The molecule has 0 unspecified atom stereocenters. The number of benzene rings is 1. The van der Waals surface area contributed by atoms with E-state index in [4.69, 9.17) is 9.47 Å². The third kappa shape index (κ3) is 2.61. The summed E-state index contributed by atoms with van der Waals surface area (Å²) in [5, 5.41) is 3.41. The maximum atomic E-state index is 5.54. The van der Waals surface area contributed by atoms with E-state index in [0.717, 1.165) is 31.0 Å². The van der Waals surface area contributed by atoms with Crippen molar-refractivity contribution in [2.24, 2.45) is 0 Å². The average Bonchev–Trinajstić information content (AvgIpc) is 2.46. The van der Waals surface area contributed by atoms with Gasteiger partial charge < -0.3 is 14.8 Å². The lowest BCUT2D eigenvalue weighted by Gasteiger charge is -2.25. The second-order valence-electron chi connectivity index (χ2n) is 4.78. The van der Waals surface area contributed by atoms with Crippen LogP contribution in [0.25, 0.3) is 0 Å². The smallest absolute Gasteiger partial charge is 0.126 e. The van der Waals surface area contributed by atoms with Gasteiger partial charge in [0.25, 0.3) is 0 Å². The van der Waals surface area contributed by atoms with Gasteiger partial charge in [-0.3, -0.25) is 0 Å². The van der Waals surface area contributed by atoms with E-state index in [1.165, 1.54) is 24.0 Å². The summed E-state index contributed by atoms with van der Waals surface area (Å²) in [6, 6.07) is 4.31. The number of ether oxygens (including phenoxy) is 2. The minimum Gasteiger partial charge on any atom is -0.496 e. The van der Waals surface area contributed by atoms with Gasteiger partial charge in [-0.15, -0.1) is 0 Å². The van der Waals surface area contributed by atoms with Crippen LogP contribution in [0.5, 0.6) is 11.5 Å². The average molecular weight is 249 g/mol. The minimum atomic E-state index is 0.609. The van der Waals surface area contributed by atoms with Crippen molar-refractivity contribution in [3.8, 4) is 11.5 Å². The summed E-state index contributed by atoms with van der Waals surface area (Å²) < 4.78 is 11.0. The summed E-state index contributed by atoms with van der Waals surface area (Å²) >= 11 is 0. The van der Waals surface area contributed by atoms with Gasteiger partial charge in [0, 0.05) is 6.07 Å². The standard InChI is InChI=1S/C15H23NO2/c1-4-11-9-13(12-5-7-16-8-6-12)15(18-3)10-14(11)17-2/h9-10,12,16H,4-8H2,1-3H3. The number of rotatable bonds is 4. The highest BCUT2D eigenvalue weighted by molar-refractivity contribution is 5.48. The molecule has 3 heteroatoms. The Bertz CT molecular complexity index is 398. The van der Waals surface area contributed by atoms with Gasteiger partial charge in [-0.25, -0.2) is 0 Å². The number of nitrogens with one attached hydrogen (secondary N) is 1. The first-order chi connectivity index (χ1) is 8.80. The molecule has 2 rings (SSSR count). The molecule has 0 aliphatic carbocycles. The molecule has 1 aliphatic rings. The first kappa shape index (κ1) is 13.2. The molecular weight excluding hydrogens is 226 g/mol. The molecule has 1 fully saturated rings. The predicted molar refractivity (Wildman–Crippen MR) is 73.8 cm³/mol. The molecule has 1 aliphatic heterocycles. The zero-order valence-corrected chi connectivity index (χ0v) is 11.6. The van der Waals surface area contributed by atoms with Crippen LogP contribution in [0.3, 0.4) is 0 Å². The Labute approximate surface area is 109 Å². The number of aryl methyl sites for hydroxylation is 1. The fourth-order valence-corrected chi connectivity index (χ4v) is 2.72. The monoisotopic (exact) mass is 249 g/mol. The highest BCUT2D eigenvalue weighted by Crippen LogP contribution is 2.37. The van der Waals surface area contributed by atoms with E-state index in [9.17, 15) is 0 Å². The number of methoxy groups -OCH3 is 2. The molecule has 0 radical (unpaired) electrons. The van der Waals surface area contributed by atoms with Crippen molar-refractivity contribution in [2.75, 3.05) is 27.3 Å². The summed E-state index contributed by atoms with van der Waals surface area (Å²) in [5.41, 5.74) is 2.61. The van der Waals surface area contributed by atoms with Crippen LogP contribution in [-0.2, 0) is 6.42 Å². The van der Waals surface area contributed by atoms with Gasteiger partial charge in [0.1, 0.15) is 11.5 Å². The van der Waals surface area contributed by atoms with E-state index < -0.39 is 0 Å². The third-order valence-corrected chi connectivity index (χ3v) is 3.79. The molecule has 1 aromatic rings. The molecule has 100 valence electrons. The summed E-state index contributed by atoms with van der Waals surface area (Å²) in [7, 11) is 3.46. The highest BCUT2D eigenvalue weighted by atomic mass is 16.5. The van der Waals surface area contributed by atoms with Crippen molar-refractivity contribution in [3.63, 3.8) is 0 Å². The van der Waals surface area contributed by atoms with Crippen molar-refractivity contribution in [3.05, 3.63) is 23.3 Å².